The van der Waals surface area contributed by atoms with Crippen molar-refractivity contribution in [3.8, 4) is 0 Å². The highest BCUT2D eigenvalue weighted by Crippen LogP contribution is 2.16. The molecule has 6 heteroatoms. The van der Waals surface area contributed by atoms with Crippen LogP contribution in [0.2, 0.25) is 0 Å². The molecule has 4 nitrogen and oxygen atoms in total. The van der Waals surface area contributed by atoms with E-state index in [4.69, 9.17) is 0 Å². The van der Waals surface area contributed by atoms with Crippen LogP contribution < -0.4 is 5.32 Å². The molecule has 19 heavy (non-hydrogen) atoms. The van der Waals surface area contributed by atoms with Gasteiger partial charge in [-0.05, 0) is 33.2 Å². The summed E-state index contributed by atoms with van der Waals surface area (Å²) in [7, 11) is 0. The SMILES string of the molecule is CC(C)N(Cc1nccn1C(F)F)CC1CCCN1. The van der Waals surface area contributed by atoms with Crippen molar-refractivity contribution in [2.45, 2.75) is 51.9 Å². The maximum absolute atomic E-state index is 12.8. The zero-order chi connectivity index (χ0) is 13.8. The Balaban J connectivity index is 2.01. The van der Waals surface area contributed by atoms with E-state index in [9.17, 15) is 8.78 Å². The first-order chi connectivity index (χ1) is 9.08. The van der Waals surface area contributed by atoms with Gasteiger partial charge in [-0.25, -0.2) is 4.98 Å². The Morgan fingerprint density at radius 1 is 1.53 bits per heavy atom. The Morgan fingerprint density at radius 2 is 2.32 bits per heavy atom. The summed E-state index contributed by atoms with van der Waals surface area (Å²) in [5.74, 6) is 0.432. The molecular formula is C13H22F2N4. The van der Waals surface area contributed by atoms with E-state index in [1.165, 1.54) is 18.8 Å². The molecule has 0 spiro atoms. The first-order valence-corrected chi connectivity index (χ1v) is 6.85. The summed E-state index contributed by atoms with van der Waals surface area (Å²) in [5.41, 5.74) is 0. The lowest BCUT2D eigenvalue weighted by atomic mass is 10.2. The third-order valence-electron chi connectivity index (χ3n) is 3.65. The molecule has 2 heterocycles. The van der Waals surface area contributed by atoms with Crippen LogP contribution in [0.15, 0.2) is 12.4 Å². The zero-order valence-corrected chi connectivity index (χ0v) is 11.5. The van der Waals surface area contributed by atoms with Crippen molar-refractivity contribution in [3.05, 3.63) is 18.2 Å². The van der Waals surface area contributed by atoms with Crippen LogP contribution in [0.5, 0.6) is 0 Å². The molecule has 1 atom stereocenters. The molecule has 108 valence electrons. The average molecular weight is 272 g/mol. The summed E-state index contributed by atoms with van der Waals surface area (Å²) >= 11 is 0. The van der Waals surface area contributed by atoms with Gasteiger partial charge in [0.05, 0.1) is 6.54 Å². The van der Waals surface area contributed by atoms with Gasteiger partial charge in [-0.15, -0.1) is 0 Å². The van der Waals surface area contributed by atoms with Crippen molar-refractivity contribution in [1.82, 2.24) is 19.8 Å². The molecule has 1 fully saturated rings. The summed E-state index contributed by atoms with van der Waals surface area (Å²) in [6, 6.07) is 0.780. The van der Waals surface area contributed by atoms with Crippen LogP contribution >= 0.6 is 0 Å². The Bertz CT molecular complexity index is 386. The first kappa shape index (κ1) is 14.4. The van der Waals surface area contributed by atoms with Gasteiger partial charge in [0.25, 0.3) is 0 Å². The molecule has 1 saturated heterocycles. The van der Waals surface area contributed by atoms with E-state index < -0.39 is 6.55 Å². The Labute approximate surface area is 112 Å². The molecule has 2 rings (SSSR count). The fourth-order valence-corrected chi connectivity index (χ4v) is 2.48. The second-order valence-corrected chi connectivity index (χ2v) is 5.34. The number of rotatable bonds is 6. The summed E-state index contributed by atoms with van der Waals surface area (Å²) in [6.45, 7) is 4.06. The average Bonchev–Trinajstić information content (AvgIpc) is 2.98. The molecule has 0 aliphatic carbocycles. The number of nitrogens with zero attached hydrogens (tertiary/aromatic N) is 3. The van der Waals surface area contributed by atoms with Crippen molar-refractivity contribution in [2.75, 3.05) is 13.1 Å². The third kappa shape index (κ3) is 3.73. The van der Waals surface area contributed by atoms with E-state index in [1.54, 1.807) is 0 Å². The number of hydrogen-bond donors (Lipinski definition) is 1. The summed E-state index contributed by atoms with van der Waals surface area (Å²) < 4.78 is 26.6. The van der Waals surface area contributed by atoms with Crippen LogP contribution in [0, 0.1) is 0 Å². The molecule has 1 N–H and O–H groups in total. The monoisotopic (exact) mass is 272 g/mol. The fourth-order valence-electron chi connectivity index (χ4n) is 2.48. The highest BCUT2D eigenvalue weighted by atomic mass is 19.3. The molecule has 1 aliphatic rings. The predicted octanol–water partition coefficient (Wildman–Crippen LogP) is 2.24. The number of aromatic nitrogens is 2. The number of alkyl halides is 2. The highest BCUT2D eigenvalue weighted by Gasteiger charge is 2.22. The lowest BCUT2D eigenvalue weighted by Crippen LogP contribution is -2.41. The molecule has 1 aliphatic heterocycles. The van der Waals surface area contributed by atoms with Gasteiger partial charge in [0.15, 0.2) is 0 Å². The topological polar surface area (TPSA) is 33.1 Å². The lowest BCUT2D eigenvalue weighted by Gasteiger charge is -2.29. The number of halogens is 2. The standard InChI is InChI=1S/C13H22F2N4/c1-10(2)18(8-11-4-3-5-16-11)9-12-17-6-7-19(12)13(14)15/h6-7,10-11,13,16H,3-5,8-9H2,1-2H3. The predicted molar refractivity (Wildman–Crippen MR) is 70.1 cm³/mol. The van der Waals surface area contributed by atoms with Crippen molar-refractivity contribution >= 4 is 0 Å². The number of imidazole rings is 1. The van der Waals surface area contributed by atoms with E-state index in [0.29, 0.717) is 24.5 Å². The third-order valence-corrected chi connectivity index (χ3v) is 3.65. The number of nitrogens with one attached hydrogen (secondary N) is 1. The lowest BCUT2D eigenvalue weighted by molar-refractivity contribution is 0.0622. The first-order valence-electron chi connectivity index (χ1n) is 6.85. The van der Waals surface area contributed by atoms with E-state index >= 15 is 0 Å². The Kier molecular flexibility index (Phi) is 4.87. The van der Waals surface area contributed by atoms with Gasteiger partial charge in [-0.1, -0.05) is 0 Å². The van der Waals surface area contributed by atoms with Gasteiger partial charge in [0.2, 0.25) is 0 Å². The zero-order valence-electron chi connectivity index (χ0n) is 11.5. The number of hydrogen-bond acceptors (Lipinski definition) is 3. The summed E-state index contributed by atoms with van der Waals surface area (Å²) in [4.78, 5) is 6.25. The van der Waals surface area contributed by atoms with Crippen LogP contribution in [-0.2, 0) is 6.54 Å². The van der Waals surface area contributed by atoms with Crippen molar-refractivity contribution < 1.29 is 8.78 Å². The molecular weight excluding hydrogens is 250 g/mol. The van der Waals surface area contributed by atoms with E-state index in [0.717, 1.165) is 24.1 Å². The van der Waals surface area contributed by atoms with Crippen LogP contribution in [0.25, 0.3) is 0 Å². The van der Waals surface area contributed by atoms with Crippen LogP contribution in [0.4, 0.5) is 8.78 Å². The van der Waals surface area contributed by atoms with Crippen molar-refractivity contribution in [2.24, 2.45) is 0 Å². The maximum Gasteiger partial charge on any atom is 0.319 e. The molecule has 1 aromatic heterocycles. The molecule has 0 amide bonds. The van der Waals surface area contributed by atoms with Crippen molar-refractivity contribution in [1.29, 1.82) is 0 Å². The van der Waals surface area contributed by atoms with Gasteiger partial charge in [0, 0.05) is 31.0 Å². The van der Waals surface area contributed by atoms with E-state index in [1.807, 2.05) is 0 Å². The highest BCUT2D eigenvalue weighted by molar-refractivity contribution is 4.94. The van der Waals surface area contributed by atoms with Crippen LogP contribution in [-0.4, -0.2) is 39.6 Å². The second kappa shape index (κ2) is 6.43. The molecule has 0 radical (unpaired) electrons. The van der Waals surface area contributed by atoms with Crippen LogP contribution in [0.3, 0.4) is 0 Å². The molecule has 0 saturated carbocycles. The van der Waals surface area contributed by atoms with Gasteiger partial charge in [-0.3, -0.25) is 9.47 Å². The van der Waals surface area contributed by atoms with E-state index in [2.05, 4.69) is 29.0 Å². The molecule has 0 bridgehead atoms. The largest absolute Gasteiger partial charge is 0.319 e. The minimum Gasteiger partial charge on any atom is -0.313 e. The van der Waals surface area contributed by atoms with Gasteiger partial charge >= 0.3 is 6.55 Å². The Hall–Kier alpha value is -1.01. The van der Waals surface area contributed by atoms with Crippen LogP contribution in [0.1, 0.15) is 39.1 Å². The molecule has 0 aromatic carbocycles. The fraction of sp³-hybridized carbons (Fsp3) is 0.769. The van der Waals surface area contributed by atoms with Crippen molar-refractivity contribution in [3.63, 3.8) is 0 Å². The maximum atomic E-state index is 12.8. The van der Waals surface area contributed by atoms with Gasteiger partial charge in [-0.2, -0.15) is 8.78 Å². The molecule has 1 unspecified atom stereocenters. The smallest absolute Gasteiger partial charge is 0.313 e. The van der Waals surface area contributed by atoms with E-state index in [-0.39, 0.29) is 0 Å². The molecule has 1 aromatic rings. The minimum atomic E-state index is -2.52. The minimum absolute atomic E-state index is 0.310. The second-order valence-electron chi connectivity index (χ2n) is 5.34. The normalized spacial score (nSPS) is 20.1. The summed E-state index contributed by atoms with van der Waals surface area (Å²) in [5, 5.41) is 3.44. The quantitative estimate of drug-likeness (QED) is 0.862. The Morgan fingerprint density at radius 3 is 2.89 bits per heavy atom. The summed E-state index contributed by atoms with van der Waals surface area (Å²) in [6.07, 6.45) is 5.13. The van der Waals surface area contributed by atoms with Gasteiger partial charge < -0.3 is 5.32 Å². The van der Waals surface area contributed by atoms with Gasteiger partial charge in [0.1, 0.15) is 5.82 Å².